The lowest BCUT2D eigenvalue weighted by Crippen LogP contribution is -2.52. The Morgan fingerprint density at radius 3 is 2.53 bits per heavy atom. The molecule has 1 saturated heterocycles. The summed E-state index contributed by atoms with van der Waals surface area (Å²) in [6, 6.07) is 0. The molecule has 0 radical (unpaired) electrons. The second-order valence-electron chi connectivity index (χ2n) is 4.92. The van der Waals surface area contributed by atoms with Gasteiger partial charge in [0, 0.05) is 13.1 Å². The molecule has 0 saturated carbocycles. The fourth-order valence-electron chi connectivity index (χ4n) is 2.10. The fourth-order valence-corrected chi connectivity index (χ4v) is 2.94. The third kappa shape index (κ3) is 4.01. The van der Waals surface area contributed by atoms with Crippen molar-refractivity contribution in [1.29, 1.82) is 0 Å². The highest BCUT2D eigenvalue weighted by Crippen LogP contribution is 2.34. The van der Waals surface area contributed by atoms with E-state index < -0.39 is 0 Å². The number of nitrogens with two attached hydrogens (primary N) is 1. The summed E-state index contributed by atoms with van der Waals surface area (Å²) in [4.78, 5) is 13.7. The largest absolute Gasteiger partial charge is 0.409 e. The van der Waals surface area contributed by atoms with Gasteiger partial charge in [-0.3, -0.25) is 4.79 Å². The van der Waals surface area contributed by atoms with Gasteiger partial charge in [-0.15, -0.1) is 0 Å². The Morgan fingerprint density at radius 2 is 2.11 bits per heavy atom. The summed E-state index contributed by atoms with van der Waals surface area (Å²) in [5.74, 6) is 0.244. The number of likely N-dealkylation sites (tertiary alicyclic amines) is 1. The second-order valence-corrected chi connectivity index (χ2v) is 6.11. The first kappa shape index (κ1) is 16.1. The fraction of sp³-hybridized carbons (Fsp3) is 0.833. The maximum Gasteiger partial charge on any atom is 0.248 e. The minimum atomic E-state index is -0.357. The van der Waals surface area contributed by atoms with Crippen LogP contribution in [0.15, 0.2) is 5.16 Å². The molecule has 7 heteroatoms. The summed E-state index contributed by atoms with van der Waals surface area (Å²) in [6.07, 6.45) is 3.38. The van der Waals surface area contributed by atoms with E-state index in [0.29, 0.717) is 25.9 Å². The Bertz CT molecular complexity index is 339. The van der Waals surface area contributed by atoms with E-state index in [0.717, 1.165) is 0 Å². The molecule has 0 unspecified atom stereocenters. The molecule has 1 rings (SSSR count). The molecule has 6 nitrogen and oxygen atoms in total. The quantitative estimate of drug-likeness (QED) is 0.339. The van der Waals surface area contributed by atoms with Gasteiger partial charge in [0.2, 0.25) is 5.91 Å². The van der Waals surface area contributed by atoms with Crippen molar-refractivity contribution in [3.05, 3.63) is 0 Å². The van der Waals surface area contributed by atoms with E-state index in [1.54, 1.807) is 16.7 Å². The zero-order valence-electron chi connectivity index (χ0n) is 11.8. The van der Waals surface area contributed by atoms with Crippen molar-refractivity contribution in [1.82, 2.24) is 4.90 Å². The molecule has 1 aliphatic heterocycles. The van der Waals surface area contributed by atoms with Gasteiger partial charge in [0.1, 0.15) is 6.61 Å². The number of hydrogen-bond donors (Lipinski definition) is 2. The summed E-state index contributed by atoms with van der Waals surface area (Å²) < 4.78 is 4.96. The van der Waals surface area contributed by atoms with Crippen LogP contribution in [0.2, 0.25) is 0 Å². The van der Waals surface area contributed by atoms with E-state index in [9.17, 15) is 4.79 Å². The minimum Gasteiger partial charge on any atom is -0.409 e. The van der Waals surface area contributed by atoms with Gasteiger partial charge in [0.05, 0.1) is 10.9 Å². The standard InChI is InChI=1S/C12H23N3O3S/c1-9(2)18-8-10(16)15-6-4-12(19-3,5-7-15)11(13)14-17/h9,17H,4-8H2,1-3H3,(H2,13,14). The van der Waals surface area contributed by atoms with Crippen LogP contribution in [-0.4, -0.2) is 58.7 Å². The molecule has 0 aromatic carbocycles. The number of oxime groups is 1. The molecule has 1 aliphatic rings. The van der Waals surface area contributed by atoms with Crippen LogP contribution in [0, 0.1) is 0 Å². The van der Waals surface area contributed by atoms with Gasteiger partial charge in [-0.2, -0.15) is 11.8 Å². The number of hydrogen-bond acceptors (Lipinski definition) is 5. The van der Waals surface area contributed by atoms with Crippen LogP contribution < -0.4 is 5.73 Å². The minimum absolute atomic E-state index is 0.00270. The van der Waals surface area contributed by atoms with Crippen LogP contribution in [0.3, 0.4) is 0 Å². The highest BCUT2D eigenvalue weighted by molar-refractivity contribution is 8.00. The SMILES string of the molecule is CSC1(C(N)=NO)CCN(C(=O)COC(C)C)CC1. The number of amidine groups is 1. The summed E-state index contributed by atoms with van der Waals surface area (Å²) in [7, 11) is 0. The molecule has 19 heavy (non-hydrogen) atoms. The lowest BCUT2D eigenvalue weighted by Gasteiger charge is -2.39. The number of ether oxygens (including phenoxy) is 1. The Hall–Kier alpha value is -0.950. The van der Waals surface area contributed by atoms with Crippen molar-refractivity contribution in [2.75, 3.05) is 26.0 Å². The van der Waals surface area contributed by atoms with Crippen LogP contribution in [-0.2, 0) is 9.53 Å². The van der Waals surface area contributed by atoms with Gasteiger partial charge < -0.3 is 20.6 Å². The molecule has 0 aliphatic carbocycles. The van der Waals surface area contributed by atoms with Gasteiger partial charge in [-0.1, -0.05) is 5.16 Å². The zero-order valence-corrected chi connectivity index (χ0v) is 12.6. The van der Waals surface area contributed by atoms with Gasteiger partial charge in [-0.05, 0) is 32.9 Å². The molecule has 1 heterocycles. The first-order chi connectivity index (χ1) is 8.95. The number of nitrogens with zero attached hydrogens (tertiary/aromatic N) is 2. The molecule has 1 fully saturated rings. The van der Waals surface area contributed by atoms with Crippen molar-refractivity contribution >= 4 is 23.5 Å². The predicted octanol–water partition coefficient (Wildman–Crippen LogP) is 0.882. The van der Waals surface area contributed by atoms with Crippen LogP contribution in [0.5, 0.6) is 0 Å². The number of thioether (sulfide) groups is 1. The smallest absolute Gasteiger partial charge is 0.248 e. The molecular weight excluding hydrogens is 266 g/mol. The van der Waals surface area contributed by atoms with E-state index in [2.05, 4.69) is 5.16 Å². The summed E-state index contributed by atoms with van der Waals surface area (Å²) in [5.41, 5.74) is 5.76. The molecule has 0 aromatic heterocycles. The zero-order chi connectivity index (χ0) is 14.5. The van der Waals surface area contributed by atoms with Crippen molar-refractivity contribution in [2.24, 2.45) is 10.9 Å². The number of carbonyl (C=O) groups excluding carboxylic acids is 1. The average molecular weight is 289 g/mol. The normalized spacial score (nSPS) is 19.8. The van der Waals surface area contributed by atoms with Gasteiger partial charge >= 0.3 is 0 Å². The molecule has 0 bridgehead atoms. The van der Waals surface area contributed by atoms with E-state index in [4.69, 9.17) is 15.7 Å². The lowest BCUT2D eigenvalue weighted by atomic mass is 9.94. The van der Waals surface area contributed by atoms with Crippen molar-refractivity contribution < 1.29 is 14.7 Å². The molecular formula is C12H23N3O3S. The van der Waals surface area contributed by atoms with Gasteiger partial charge in [-0.25, -0.2) is 0 Å². The number of carbonyl (C=O) groups is 1. The Balaban J connectivity index is 2.54. The number of rotatable bonds is 5. The Labute approximate surface area is 118 Å². The van der Waals surface area contributed by atoms with Gasteiger partial charge in [0.15, 0.2) is 5.84 Å². The van der Waals surface area contributed by atoms with Crippen LogP contribution >= 0.6 is 11.8 Å². The lowest BCUT2D eigenvalue weighted by molar-refractivity contribution is -0.138. The molecule has 0 spiro atoms. The molecule has 0 atom stereocenters. The third-order valence-electron chi connectivity index (χ3n) is 3.43. The highest BCUT2D eigenvalue weighted by Gasteiger charge is 2.39. The average Bonchev–Trinajstić information content (AvgIpc) is 2.43. The van der Waals surface area contributed by atoms with E-state index in [1.165, 1.54) is 0 Å². The van der Waals surface area contributed by atoms with Crippen molar-refractivity contribution in [3.63, 3.8) is 0 Å². The van der Waals surface area contributed by atoms with Crippen LogP contribution in [0.25, 0.3) is 0 Å². The Morgan fingerprint density at radius 1 is 1.53 bits per heavy atom. The van der Waals surface area contributed by atoms with Gasteiger partial charge in [0.25, 0.3) is 0 Å². The van der Waals surface area contributed by atoms with Crippen molar-refractivity contribution in [3.8, 4) is 0 Å². The molecule has 3 N–H and O–H groups in total. The second kappa shape index (κ2) is 7.00. The third-order valence-corrected chi connectivity index (χ3v) is 4.83. The summed E-state index contributed by atoms with van der Waals surface area (Å²) in [5, 5.41) is 12.0. The number of amides is 1. The van der Waals surface area contributed by atoms with E-state index in [-0.39, 0.29) is 29.2 Å². The highest BCUT2D eigenvalue weighted by atomic mass is 32.2. The monoisotopic (exact) mass is 289 g/mol. The maximum absolute atomic E-state index is 11.9. The molecule has 0 aromatic rings. The van der Waals surface area contributed by atoms with Crippen LogP contribution in [0.4, 0.5) is 0 Å². The predicted molar refractivity (Wildman–Crippen MR) is 76.6 cm³/mol. The first-order valence-electron chi connectivity index (χ1n) is 6.37. The van der Waals surface area contributed by atoms with Crippen molar-refractivity contribution in [2.45, 2.75) is 37.5 Å². The molecule has 110 valence electrons. The first-order valence-corrected chi connectivity index (χ1v) is 7.60. The number of piperidine rings is 1. The van der Waals surface area contributed by atoms with Crippen LogP contribution in [0.1, 0.15) is 26.7 Å². The summed E-state index contributed by atoms with van der Waals surface area (Å²) >= 11 is 1.57. The maximum atomic E-state index is 11.9. The topological polar surface area (TPSA) is 88.2 Å². The Kier molecular flexibility index (Phi) is 5.93. The molecule has 1 amide bonds. The van der Waals surface area contributed by atoms with E-state index >= 15 is 0 Å². The van der Waals surface area contributed by atoms with E-state index in [1.807, 2.05) is 20.1 Å². The summed E-state index contributed by atoms with van der Waals surface area (Å²) in [6.45, 7) is 5.14.